The highest BCUT2D eigenvalue weighted by atomic mass is 32.1. The van der Waals surface area contributed by atoms with Crippen molar-refractivity contribution in [2.75, 3.05) is 0 Å². The van der Waals surface area contributed by atoms with Crippen molar-refractivity contribution in [2.24, 2.45) is 0 Å². The number of pyridine rings is 1. The van der Waals surface area contributed by atoms with Crippen LogP contribution in [0.2, 0.25) is 0 Å². The number of aromatic nitrogens is 1. The van der Waals surface area contributed by atoms with Crippen molar-refractivity contribution in [2.45, 2.75) is 25.7 Å². The van der Waals surface area contributed by atoms with E-state index in [1.165, 1.54) is 5.56 Å². The van der Waals surface area contributed by atoms with Gasteiger partial charge in [0, 0.05) is 10.6 Å². The predicted molar refractivity (Wildman–Crippen MR) is 45.7 cm³/mol. The van der Waals surface area contributed by atoms with Gasteiger partial charge in [0.15, 0.2) is 0 Å². The van der Waals surface area contributed by atoms with E-state index in [9.17, 15) is 0 Å². The first kappa shape index (κ1) is 7.61. The fourth-order valence-corrected chi connectivity index (χ4v) is 1.13. The molecule has 0 aromatic carbocycles. The molecule has 0 N–H and O–H groups in total. The summed E-state index contributed by atoms with van der Waals surface area (Å²) in [5, 5.41) is 0. The standard InChI is InChI=1S/C8H11NS/c1-5-4-6(2)9-7(3)8(5)10/h4,10H,1-3H3. The zero-order chi connectivity index (χ0) is 7.72. The summed E-state index contributed by atoms with van der Waals surface area (Å²) < 4.78 is 0. The number of hydrogen-bond acceptors (Lipinski definition) is 2. The van der Waals surface area contributed by atoms with E-state index in [0.29, 0.717) is 0 Å². The third-order valence-corrected chi connectivity index (χ3v) is 2.16. The molecule has 1 aromatic rings. The fourth-order valence-electron chi connectivity index (χ4n) is 1.02. The molecule has 0 saturated carbocycles. The normalized spacial score (nSPS) is 10.0. The predicted octanol–water partition coefficient (Wildman–Crippen LogP) is 2.30. The van der Waals surface area contributed by atoms with E-state index in [-0.39, 0.29) is 0 Å². The lowest BCUT2D eigenvalue weighted by Gasteiger charge is -2.02. The molecule has 1 nitrogen and oxygen atoms in total. The maximum atomic E-state index is 4.30. The second-order valence-corrected chi connectivity index (χ2v) is 2.96. The Kier molecular flexibility index (Phi) is 2.00. The Labute approximate surface area is 66.9 Å². The average Bonchev–Trinajstić information content (AvgIpc) is 1.82. The first-order valence-corrected chi connectivity index (χ1v) is 3.70. The lowest BCUT2D eigenvalue weighted by molar-refractivity contribution is 1.03. The van der Waals surface area contributed by atoms with E-state index < -0.39 is 0 Å². The van der Waals surface area contributed by atoms with Gasteiger partial charge in [0.05, 0.1) is 5.69 Å². The topological polar surface area (TPSA) is 12.9 Å². The summed E-state index contributed by atoms with van der Waals surface area (Å²) >= 11 is 4.30. The second kappa shape index (κ2) is 2.62. The molecule has 0 aliphatic carbocycles. The Morgan fingerprint density at radius 1 is 1.30 bits per heavy atom. The van der Waals surface area contributed by atoms with Gasteiger partial charge < -0.3 is 0 Å². The van der Waals surface area contributed by atoms with E-state index in [1.807, 2.05) is 26.8 Å². The molecule has 0 bridgehead atoms. The third-order valence-electron chi connectivity index (χ3n) is 1.49. The molecule has 0 spiro atoms. The maximum absolute atomic E-state index is 4.30. The van der Waals surface area contributed by atoms with Crippen LogP contribution in [0.15, 0.2) is 11.0 Å². The van der Waals surface area contributed by atoms with E-state index in [0.717, 1.165) is 16.3 Å². The number of hydrogen-bond donors (Lipinski definition) is 1. The van der Waals surface area contributed by atoms with E-state index in [4.69, 9.17) is 0 Å². The number of aryl methyl sites for hydroxylation is 3. The first-order chi connectivity index (χ1) is 4.61. The molecule has 2 heteroatoms. The Balaban J connectivity index is 3.31. The van der Waals surface area contributed by atoms with Gasteiger partial charge >= 0.3 is 0 Å². The largest absolute Gasteiger partial charge is 0.257 e. The minimum Gasteiger partial charge on any atom is -0.257 e. The monoisotopic (exact) mass is 153 g/mol. The van der Waals surface area contributed by atoms with Gasteiger partial charge in [-0.25, -0.2) is 0 Å². The molecule has 10 heavy (non-hydrogen) atoms. The lowest BCUT2D eigenvalue weighted by Crippen LogP contribution is -1.90. The second-order valence-electron chi connectivity index (χ2n) is 2.51. The minimum absolute atomic E-state index is 1.01. The summed E-state index contributed by atoms with van der Waals surface area (Å²) in [6.45, 7) is 6.01. The number of thiol groups is 1. The fraction of sp³-hybridized carbons (Fsp3) is 0.375. The highest BCUT2D eigenvalue weighted by Gasteiger charge is 1.98. The van der Waals surface area contributed by atoms with Crippen molar-refractivity contribution in [3.63, 3.8) is 0 Å². The van der Waals surface area contributed by atoms with E-state index >= 15 is 0 Å². The highest BCUT2D eigenvalue weighted by molar-refractivity contribution is 7.80. The van der Waals surface area contributed by atoms with Gasteiger partial charge in [-0.1, -0.05) is 0 Å². The average molecular weight is 153 g/mol. The van der Waals surface area contributed by atoms with Crippen LogP contribution in [0.3, 0.4) is 0 Å². The number of nitrogens with zero attached hydrogens (tertiary/aromatic N) is 1. The molecule has 1 rings (SSSR count). The maximum Gasteiger partial charge on any atom is 0.0511 e. The van der Waals surface area contributed by atoms with Gasteiger partial charge in [0.25, 0.3) is 0 Å². The summed E-state index contributed by atoms with van der Waals surface area (Å²) in [5.74, 6) is 0. The van der Waals surface area contributed by atoms with Crippen LogP contribution in [-0.2, 0) is 0 Å². The quantitative estimate of drug-likeness (QED) is 0.564. The Morgan fingerprint density at radius 3 is 2.40 bits per heavy atom. The summed E-state index contributed by atoms with van der Waals surface area (Å²) in [5.41, 5.74) is 3.28. The zero-order valence-electron chi connectivity index (χ0n) is 6.47. The van der Waals surface area contributed by atoms with Crippen LogP contribution in [0.25, 0.3) is 0 Å². The lowest BCUT2D eigenvalue weighted by atomic mass is 10.2. The van der Waals surface area contributed by atoms with Gasteiger partial charge in [-0.05, 0) is 32.4 Å². The molecule has 0 atom stereocenters. The van der Waals surface area contributed by atoms with Crippen LogP contribution < -0.4 is 0 Å². The summed E-state index contributed by atoms with van der Waals surface area (Å²) in [7, 11) is 0. The summed E-state index contributed by atoms with van der Waals surface area (Å²) in [6, 6.07) is 2.04. The van der Waals surface area contributed by atoms with Crippen LogP contribution in [0, 0.1) is 20.8 Å². The van der Waals surface area contributed by atoms with Crippen LogP contribution in [0.4, 0.5) is 0 Å². The van der Waals surface area contributed by atoms with Gasteiger partial charge in [-0.2, -0.15) is 0 Å². The van der Waals surface area contributed by atoms with Gasteiger partial charge in [-0.15, -0.1) is 12.6 Å². The molecule has 1 aromatic heterocycles. The summed E-state index contributed by atoms with van der Waals surface area (Å²) in [4.78, 5) is 5.26. The molecular weight excluding hydrogens is 142 g/mol. The molecule has 0 saturated heterocycles. The van der Waals surface area contributed by atoms with Crippen LogP contribution in [0.5, 0.6) is 0 Å². The van der Waals surface area contributed by atoms with Gasteiger partial charge in [0.2, 0.25) is 0 Å². The van der Waals surface area contributed by atoms with Crippen molar-refractivity contribution in [3.8, 4) is 0 Å². The molecule has 54 valence electrons. The molecular formula is C8H11NS. The third kappa shape index (κ3) is 1.32. The summed E-state index contributed by atoms with van der Waals surface area (Å²) in [6.07, 6.45) is 0. The van der Waals surface area contributed by atoms with E-state index in [2.05, 4.69) is 17.6 Å². The zero-order valence-corrected chi connectivity index (χ0v) is 7.37. The molecule has 1 heterocycles. The molecule has 0 fully saturated rings. The molecule has 0 amide bonds. The Hall–Kier alpha value is -0.500. The Morgan fingerprint density at radius 2 is 1.90 bits per heavy atom. The minimum atomic E-state index is 1.01. The van der Waals surface area contributed by atoms with Crippen LogP contribution in [-0.4, -0.2) is 4.98 Å². The molecule has 0 aliphatic rings. The van der Waals surface area contributed by atoms with Crippen molar-refractivity contribution in [1.29, 1.82) is 0 Å². The highest BCUT2D eigenvalue weighted by Crippen LogP contribution is 2.16. The van der Waals surface area contributed by atoms with Gasteiger partial charge in [-0.3, -0.25) is 4.98 Å². The molecule has 0 unspecified atom stereocenters. The van der Waals surface area contributed by atoms with Crippen molar-refractivity contribution in [3.05, 3.63) is 23.0 Å². The smallest absolute Gasteiger partial charge is 0.0511 e. The molecule has 0 radical (unpaired) electrons. The van der Waals surface area contributed by atoms with Gasteiger partial charge in [0.1, 0.15) is 0 Å². The van der Waals surface area contributed by atoms with Crippen molar-refractivity contribution >= 4 is 12.6 Å². The van der Waals surface area contributed by atoms with Crippen LogP contribution in [0.1, 0.15) is 17.0 Å². The first-order valence-electron chi connectivity index (χ1n) is 3.25. The number of rotatable bonds is 0. The van der Waals surface area contributed by atoms with Crippen molar-refractivity contribution < 1.29 is 0 Å². The SMILES string of the molecule is Cc1cc(C)c(S)c(C)n1. The van der Waals surface area contributed by atoms with Crippen molar-refractivity contribution in [1.82, 2.24) is 4.98 Å². The molecule has 0 aliphatic heterocycles. The van der Waals surface area contributed by atoms with Crippen LogP contribution >= 0.6 is 12.6 Å². The Bertz CT molecular complexity index is 232. The van der Waals surface area contributed by atoms with E-state index in [1.54, 1.807) is 0 Å².